The molecule has 5 N–H and O–H groups in total. The number of nitrogens with zero attached hydrogens (tertiary/aromatic N) is 2. The summed E-state index contributed by atoms with van der Waals surface area (Å²) in [4.78, 5) is 20.5. The van der Waals surface area contributed by atoms with E-state index in [1.165, 1.54) is 6.33 Å². The van der Waals surface area contributed by atoms with Crippen LogP contribution in [0, 0.1) is 6.92 Å². The highest BCUT2D eigenvalue weighted by molar-refractivity contribution is 5.96. The van der Waals surface area contributed by atoms with Crippen molar-refractivity contribution in [1.82, 2.24) is 15.4 Å². The number of aromatic nitrogens is 2. The first kappa shape index (κ1) is 17.2. The highest BCUT2D eigenvalue weighted by Gasteiger charge is 2.11. The van der Waals surface area contributed by atoms with Crippen molar-refractivity contribution in [3.05, 3.63) is 77.6 Å². The van der Waals surface area contributed by atoms with E-state index in [2.05, 4.69) is 26.1 Å². The number of benzene rings is 2. The number of carbonyl (C=O) groups excluding carboxylic acids is 1. The van der Waals surface area contributed by atoms with Gasteiger partial charge in [0.15, 0.2) is 11.6 Å². The fourth-order valence-electron chi connectivity index (χ4n) is 2.43. The topological polar surface area (TPSA) is 105 Å². The molecule has 0 atom stereocenters. The number of hydrazine groups is 1. The first-order chi connectivity index (χ1) is 12.6. The van der Waals surface area contributed by atoms with Gasteiger partial charge in [-0.15, -0.1) is 0 Å². The molecule has 0 spiro atoms. The van der Waals surface area contributed by atoms with Crippen LogP contribution in [0.3, 0.4) is 0 Å². The number of nitrogens with one attached hydrogen (secondary N) is 3. The zero-order chi connectivity index (χ0) is 18.4. The molecule has 0 fully saturated rings. The molecule has 2 aromatic carbocycles. The predicted molar refractivity (Wildman–Crippen MR) is 102 cm³/mol. The van der Waals surface area contributed by atoms with Gasteiger partial charge in [0.25, 0.3) is 5.91 Å². The highest BCUT2D eigenvalue weighted by Crippen LogP contribution is 2.22. The lowest BCUT2D eigenvalue weighted by Gasteiger charge is -2.13. The zero-order valence-electron chi connectivity index (χ0n) is 14.4. The number of rotatable bonds is 6. The molecular weight excluding hydrogens is 328 g/mol. The second kappa shape index (κ2) is 7.98. The van der Waals surface area contributed by atoms with E-state index in [4.69, 9.17) is 5.73 Å². The molecule has 132 valence electrons. The van der Waals surface area contributed by atoms with Crippen LogP contribution in [0.25, 0.3) is 0 Å². The Balaban J connectivity index is 1.65. The summed E-state index contributed by atoms with van der Waals surface area (Å²) in [5.74, 6) is 0.564. The summed E-state index contributed by atoms with van der Waals surface area (Å²) < 4.78 is 0. The third kappa shape index (κ3) is 4.07. The van der Waals surface area contributed by atoms with Crippen molar-refractivity contribution in [2.45, 2.75) is 13.5 Å². The number of anilines is 3. The van der Waals surface area contributed by atoms with Gasteiger partial charge in [-0.2, -0.15) is 0 Å². The van der Waals surface area contributed by atoms with Crippen LogP contribution in [0.2, 0.25) is 0 Å². The Hall–Kier alpha value is -3.61. The van der Waals surface area contributed by atoms with Crippen molar-refractivity contribution >= 4 is 23.2 Å². The maximum Gasteiger partial charge on any atom is 0.269 e. The van der Waals surface area contributed by atoms with E-state index in [0.717, 1.165) is 11.1 Å². The molecular formula is C19H20N6O. The maximum absolute atomic E-state index is 12.3. The second-order valence-electron chi connectivity index (χ2n) is 5.72. The Kier molecular flexibility index (Phi) is 5.28. The maximum atomic E-state index is 12.3. The summed E-state index contributed by atoms with van der Waals surface area (Å²) in [6.45, 7) is 2.45. The number of aryl methyl sites for hydroxylation is 1. The lowest BCUT2D eigenvalue weighted by atomic mass is 10.1. The van der Waals surface area contributed by atoms with E-state index < -0.39 is 0 Å². The quantitative estimate of drug-likeness (QED) is 0.511. The molecule has 7 heteroatoms. The Labute approximate surface area is 151 Å². The summed E-state index contributed by atoms with van der Waals surface area (Å²) in [7, 11) is 0. The van der Waals surface area contributed by atoms with Gasteiger partial charge in [-0.05, 0) is 24.1 Å². The van der Waals surface area contributed by atoms with Gasteiger partial charge >= 0.3 is 0 Å². The molecule has 1 amide bonds. The number of nitrogens with two attached hydrogens (primary N) is 1. The van der Waals surface area contributed by atoms with Crippen molar-refractivity contribution < 1.29 is 4.79 Å². The predicted octanol–water partition coefficient (Wildman–Crippen LogP) is 2.74. The van der Waals surface area contributed by atoms with Crippen LogP contribution < -0.4 is 21.9 Å². The zero-order valence-corrected chi connectivity index (χ0v) is 14.4. The van der Waals surface area contributed by atoms with Crippen LogP contribution in [0.4, 0.5) is 17.3 Å². The molecule has 0 saturated heterocycles. The van der Waals surface area contributed by atoms with Crippen molar-refractivity contribution in [2.24, 2.45) is 0 Å². The second-order valence-corrected chi connectivity index (χ2v) is 5.72. The molecule has 1 aromatic heterocycles. The summed E-state index contributed by atoms with van der Waals surface area (Å²) >= 11 is 0. The molecule has 1 heterocycles. The Morgan fingerprint density at radius 1 is 1.00 bits per heavy atom. The Bertz CT molecular complexity index is 898. The van der Waals surface area contributed by atoms with Crippen molar-refractivity contribution in [3.63, 3.8) is 0 Å². The molecule has 0 aliphatic carbocycles. The molecule has 0 aliphatic heterocycles. The van der Waals surface area contributed by atoms with Gasteiger partial charge in [0, 0.05) is 12.1 Å². The van der Waals surface area contributed by atoms with Gasteiger partial charge in [-0.1, -0.05) is 48.5 Å². The van der Waals surface area contributed by atoms with Gasteiger partial charge in [-0.3, -0.25) is 15.6 Å². The fourth-order valence-corrected chi connectivity index (χ4v) is 2.43. The third-order valence-electron chi connectivity index (χ3n) is 3.87. The third-order valence-corrected chi connectivity index (χ3v) is 3.87. The SMILES string of the molecule is Cc1ccccc1C(=O)NNc1ncnc(NCc2ccccc2)c1N. The molecule has 3 aromatic rings. The van der Waals surface area contributed by atoms with Gasteiger partial charge in [0.05, 0.1) is 0 Å². The van der Waals surface area contributed by atoms with Crippen molar-refractivity contribution in [3.8, 4) is 0 Å². The van der Waals surface area contributed by atoms with Crippen LogP contribution in [-0.4, -0.2) is 15.9 Å². The largest absolute Gasteiger partial charge is 0.393 e. The number of hydrogen-bond acceptors (Lipinski definition) is 6. The Morgan fingerprint density at radius 3 is 2.46 bits per heavy atom. The lowest BCUT2D eigenvalue weighted by molar-refractivity contribution is 0.0962. The number of hydrogen-bond donors (Lipinski definition) is 4. The van der Waals surface area contributed by atoms with Gasteiger partial charge in [0.2, 0.25) is 0 Å². The van der Waals surface area contributed by atoms with Gasteiger partial charge < -0.3 is 11.1 Å². The lowest BCUT2D eigenvalue weighted by Crippen LogP contribution is -2.31. The van der Waals surface area contributed by atoms with Crippen molar-refractivity contribution in [1.29, 1.82) is 0 Å². The minimum absolute atomic E-state index is 0.264. The van der Waals surface area contributed by atoms with Crippen LogP contribution >= 0.6 is 0 Å². The molecule has 0 radical (unpaired) electrons. The molecule has 26 heavy (non-hydrogen) atoms. The summed E-state index contributed by atoms with van der Waals surface area (Å²) in [5.41, 5.74) is 14.4. The van der Waals surface area contributed by atoms with Crippen LogP contribution in [0.15, 0.2) is 60.9 Å². The van der Waals surface area contributed by atoms with Gasteiger partial charge in [-0.25, -0.2) is 9.97 Å². The van der Waals surface area contributed by atoms with Gasteiger partial charge in [0.1, 0.15) is 12.0 Å². The number of nitrogen functional groups attached to an aromatic ring is 1. The monoisotopic (exact) mass is 348 g/mol. The first-order valence-electron chi connectivity index (χ1n) is 8.15. The average Bonchev–Trinajstić information content (AvgIpc) is 2.67. The summed E-state index contributed by atoms with van der Waals surface area (Å²) in [6, 6.07) is 17.2. The molecule has 3 rings (SSSR count). The highest BCUT2D eigenvalue weighted by atomic mass is 16.2. The standard InChI is InChI=1S/C19H20N6O/c1-13-7-5-6-10-15(13)19(26)25-24-18-16(20)17(22-12-23-18)21-11-14-8-3-2-4-9-14/h2-10,12H,11,20H2,1H3,(H,25,26)(H2,21,22,23,24). The number of carbonyl (C=O) groups is 1. The fraction of sp³-hybridized carbons (Fsp3) is 0.105. The van der Waals surface area contributed by atoms with E-state index >= 15 is 0 Å². The van der Waals surface area contributed by atoms with Crippen LogP contribution in [0.1, 0.15) is 21.5 Å². The van der Waals surface area contributed by atoms with E-state index in [1.54, 1.807) is 6.07 Å². The molecule has 0 unspecified atom stereocenters. The Morgan fingerprint density at radius 2 is 1.69 bits per heavy atom. The minimum atomic E-state index is -0.264. The number of amides is 1. The van der Waals surface area contributed by atoms with Crippen LogP contribution in [0.5, 0.6) is 0 Å². The minimum Gasteiger partial charge on any atom is -0.393 e. The molecule has 0 aliphatic rings. The molecule has 0 saturated carbocycles. The van der Waals surface area contributed by atoms with E-state index in [-0.39, 0.29) is 5.91 Å². The average molecular weight is 348 g/mol. The van der Waals surface area contributed by atoms with Crippen LogP contribution in [-0.2, 0) is 6.54 Å². The van der Waals surface area contributed by atoms with E-state index in [9.17, 15) is 4.79 Å². The van der Waals surface area contributed by atoms with Crippen molar-refractivity contribution in [2.75, 3.05) is 16.5 Å². The summed E-state index contributed by atoms with van der Waals surface area (Å²) in [6.07, 6.45) is 1.38. The van der Waals surface area contributed by atoms with E-state index in [0.29, 0.717) is 29.4 Å². The smallest absolute Gasteiger partial charge is 0.269 e. The molecule has 0 bridgehead atoms. The molecule has 7 nitrogen and oxygen atoms in total. The van der Waals surface area contributed by atoms with E-state index in [1.807, 2.05) is 55.5 Å². The normalized spacial score (nSPS) is 10.2. The first-order valence-corrected chi connectivity index (χ1v) is 8.15. The summed E-state index contributed by atoms with van der Waals surface area (Å²) in [5, 5.41) is 3.17.